The third-order valence-electron chi connectivity index (χ3n) is 6.54. The smallest absolute Gasteiger partial charge is 0.220 e. The van der Waals surface area contributed by atoms with Gasteiger partial charge in [0, 0.05) is 18.1 Å². The zero-order valence-electron chi connectivity index (χ0n) is 16.5. The van der Waals surface area contributed by atoms with E-state index in [2.05, 4.69) is 53.4 Å². The Morgan fingerprint density at radius 3 is 2.33 bits per heavy atom. The van der Waals surface area contributed by atoms with E-state index in [1.54, 1.807) is 0 Å². The van der Waals surface area contributed by atoms with Crippen LogP contribution in [0.5, 0.6) is 0 Å². The van der Waals surface area contributed by atoms with Crippen LogP contribution in [0, 0.1) is 5.92 Å². The molecule has 2 bridgehead atoms. The molecule has 1 saturated carbocycles. The Morgan fingerprint density at radius 1 is 1.25 bits per heavy atom. The summed E-state index contributed by atoms with van der Waals surface area (Å²) in [5.74, 6) is 0.572. The third-order valence-corrected chi connectivity index (χ3v) is 12.7. The van der Waals surface area contributed by atoms with Gasteiger partial charge in [-0.2, -0.15) is 0 Å². The Hall–Kier alpha value is -0.613. The maximum absolute atomic E-state index is 12.3. The molecule has 0 radical (unpaired) electrons. The lowest BCUT2D eigenvalue weighted by molar-refractivity contribution is -0.131. The quantitative estimate of drug-likeness (QED) is 0.507. The molecule has 1 N–H and O–H groups in total. The lowest BCUT2D eigenvalue weighted by Gasteiger charge is -2.52. The van der Waals surface area contributed by atoms with E-state index in [0.717, 1.165) is 25.7 Å². The zero-order chi connectivity index (χ0) is 18.1. The van der Waals surface area contributed by atoms with Gasteiger partial charge in [-0.15, -0.1) is 6.58 Å². The summed E-state index contributed by atoms with van der Waals surface area (Å²) in [6, 6.07) is 0. The molecule has 2 fully saturated rings. The van der Waals surface area contributed by atoms with Gasteiger partial charge in [-0.3, -0.25) is 4.79 Å². The molecule has 0 aromatic heterocycles. The molecule has 0 unspecified atom stereocenters. The molecule has 2 rings (SSSR count). The highest BCUT2D eigenvalue weighted by Gasteiger charge is 2.51. The maximum atomic E-state index is 12.3. The normalized spacial score (nSPS) is 30.8. The van der Waals surface area contributed by atoms with Crippen LogP contribution in [0.2, 0.25) is 16.6 Å². The maximum Gasteiger partial charge on any atom is 0.220 e. The fourth-order valence-electron chi connectivity index (χ4n) is 5.63. The summed E-state index contributed by atoms with van der Waals surface area (Å²) in [4.78, 5) is 12.3. The number of rotatable bonds is 7. The molecule has 3 atom stereocenters. The first-order chi connectivity index (χ1) is 11.2. The molecule has 2 aliphatic rings. The molecular weight excluding hydrogens is 314 g/mol. The Labute approximate surface area is 149 Å². The van der Waals surface area contributed by atoms with Crippen LogP contribution in [0.3, 0.4) is 0 Å². The molecule has 0 aromatic carbocycles. The summed E-state index contributed by atoms with van der Waals surface area (Å²) in [6.45, 7) is 17.9. The van der Waals surface area contributed by atoms with Crippen LogP contribution in [0.15, 0.2) is 12.7 Å². The van der Waals surface area contributed by atoms with Crippen molar-refractivity contribution in [1.29, 1.82) is 0 Å². The van der Waals surface area contributed by atoms with Crippen LogP contribution in [0.1, 0.15) is 73.6 Å². The number of carbonyl (C=O) groups is 1. The Bertz CT molecular complexity index is 452. The highest BCUT2D eigenvalue weighted by atomic mass is 28.4. The summed E-state index contributed by atoms with van der Waals surface area (Å²) in [6.07, 6.45) is 6.86. The highest BCUT2D eigenvalue weighted by Crippen LogP contribution is 2.48. The number of piperidine rings is 1. The first kappa shape index (κ1) is 19.7. The molecule has 1 saturated heterocycles. The summed E-state index contributed by atoms with van der Waals surface area (Å²) in [7, 11) is -1.89. The molecule has 1 aliphatic carbocycles. The predicted octanol–water partition coefficient (Wildman–Crippen LogP) is 5.18. The largest absolute Gasteiger partial charge is 0.413 e. The number of nitrogens with one attached hydrogen (secondary N) is 1. The predicted molar refractivity (Wildman–Crippen MR) is 104 cm³/mol. The van der Waals surface area contributed by atoms with E-state index in [9.17, 15) is 4.79 Å². The van der Waals surface area contributed by atoms with Crippen molar-refractivity contribution in [3.8, 4) is 0 Å². The van der Waals surface area contributed by atoms with Crippen LogP contribution in [0.25, 0.3) is 0 Å². The molecule has 1 heterocycles. The van der Waals surface area contributed by atoms with Gasteiger partial charge in [0.25, 0.3) is 0 Å². The molecule has 1 aliphatic heterocycles. The molecule has 4 heteroatoms. The monoisotopic (exact) mass is 351 g/mol. The van der Waals surface area contributed by atoms with Crippen molar-refractivity contribution in [3.63, 3.8) is 0 Å². The van der Waals surface area contributed by atoms with Crippen LogP contribution in [-0.2, 0) is 9.22 Å². The number of fused-ring (bicyclic) bond motifs is 2. The van der Waals surface area contributed by atoms with Crippen molar-refractivity contribution in [2.75, 3.05) is 0 Å². The van der Waals surface area contributed by atoms with Gasteiger partial charge in [-0.25, -0.2) is 0 Å². The van der Waals surface area contributed by atoms with Crippen LogP contribution in [0.4, 0.5) is 0 Å². The van der Waals surface area contributed by atoms with Crippen LogP contribution < -0.4 is 5.32 Å². The topological polar surface area (TPSA) is 38.3 Å². The first-order valence-corrected chi connectivity index (χ1v) is 11.9. The Balaban J connectivity index is 2.23. The second kappa shape index (κ2) is 7.33. The van der Waals surface area contributed by atoms with E-state index in [0.29, 0.717) is 29.0 Å². The minimum absolute atomic E-state index is 0.0562. The summed E-state index contributed by atoms with van der Waals surface area (Å²) in [5.41, 5.74) is 1.72. The molecule has 0 aromatic rings. The zero-order valence-corrected chi connectivity index (χ0v) is 17.5. The number of hydrogen-bond acceptors (Lipinski definition) is 2. The molecule has 24 heavy (non-hydrogen) atoms. The van der Waals surface area contributed by atoms with E-state index >= 15 is 0 Å². The van der Waals surface area contributed by atoms with Crippen molar-refractivity contribution in [1.82, 2.24) is 5.32 Å². The van der Waals surface area contributed by atoms with E-state index in [1.807, 2.05) is 6.08 Å². The third kappa shape index (κ3) is 3.50. The number of carbonyl (C=O) groups excluding carboxylic acids is 1. The van der Waals surface area contributed by atoms with Gasteiger partial charge in [0.15, 0.2) is 0 Å². The summed E-state index contributed by atoms with van der Waals surface area (Å²) in [5, 5.41) is 3.26. The minimum atomic E-state index is -1.89. The fraction of sp³-hybridized carbons (Fsp3) is 0.850. The van der Waals surface area contributed by atoms with Gasteiger partial charge < -0.3 is 9.74 Å². The standard InChI is InChI=1S/C20H37NO2Si/c1-8-10-20-11-9-18(17(13-20)12-19(22)21-20)23-24(14(2)3,15(4)5)16(6)7/h8,14-18H,1,9-13H2,2-7H3,(H,21,22)/t17-,18+,20-/m0/s1. The lowest BCUT2D eigenvalue weighted by Crippen LogP contribution is -2.61. The Kier molecular flexibility index (Phi) is 6.02. The van der Waals surface area contributed by atoms with Gasteiger partial charge in [-0.1, -0.05) is 47.6 Å². The minimum Gasteiger partial charge on any atom is -0.413 e. The number of hydrogen-bond donors (Lipinski definition) is 1. The van der Waals surface area contributed by atoms with Gasteiger partial charge in [-0.05, 0) is 48.2 Å². The second-order valence-corrected chi connectivity index (χ2v) is 14.4. The van der Waals surface area contributed by atoms with Gasteiger partial charge in [0.05, 0.1) is 0 Å². The van der Waals surface area contributed by atoms with E-state index in [1.165, 1.54) is 0 Å². The van der Waals surface area contributed by atoms with E-state index in [4.69, 9.17) is 4.43 Å². The van der Waals surface area contributed by atoms with Crippen molar-refractivity contribution >= 4 is 14.2 Å². The lowest BCUT2D eigenvalue weighted by atomic mass is 9.69. The molecule has 138 valence electrons. The van der Waals surface area contributed by atoms with Crippen molar-refractivity contribution < 1.29 is 9.22 Å². The Morgan fingerprint density at radius 2 is 1.83 bits per heavy atom. The average Bonchev–Trinajstić information content (AvgIpc) is 2.45. The van der Waals surface area contributed by atoms with Gasteiger partial charge in [0.2, 0.25) is 14.2 Å². The SMILES string of the molecule is C=CC[C@@]12CC[C@@H](O[Si](C(C)C)(C(C)C)C(C)C)[C@@H](CC(=O)N1)C2. The summed E-state index contributed by atoms with van der Waals surface area (Å²) < 4.78 is 7.05. The fourth-order valence-corrected chi connectivity index (χ4v) is 11.3. The van der Waals surface area contributed by atoms with Crippen LogP contribution >= 0.6 is 0 Å². The van der Waals surface area contributed by atoms with E-state index < -0.39 is 8.32 Å². The van der Waals surface area contributed by atoms with Crippen molar-refractivity contribution in [2.24, 2.45) is 5.92 Å². The molecule has 1 amide bonds. The number of amides is 1. The van der Waals surface area contributed by atoms with Crippen LogP contribution in [-0.4, -0.2) is 25.9 Å². The van der Waals surface area contributed by atoms with E-state index in [-0.39, 0.29) is 17.6 Å². The average molecular weight is 352 g/mol. The summed E-state index contributed by atoms with van der Waals surface area (Å²) >= 11 is 0. The molecule has 3 nitrogen and oxygen atoms in total. The van der Waals surface area contributed by atoms with Gasteiger partial charge >= 0.3 is 0 Å². The van der Waals surface area contributed by atoms with Gasteiger partial charge in [0.1, 0.15) is 0 Å². The highest BCUT2D eigenvalue weighted by molar-refractivity contribution is 6.77. The van der Waals surface area contributed by atoms with Crippen molar-refractivity contribution in [2.45, 2.75) is 102 Å². The molecule has 0 spiro atoms. The molecular formula is C20H37NO2Si. The van der Waals surface area contributed by atoms with Crippen molar-refractivity contribution in [3.05, 3.63) is 12.7 Å². The first-order valence-electron chi connectivity index (χ1n) is 9.76. The second-order valence-electron chi connectivity index (χ2n) is 9.00.